The lowest BCUT2D eigenvalue weighted by atomic mass is 9.90. The summed E-state index contributed by atoms with van der Waals surface area (Å²) in [7, 11) is 0. The van der Waals surface area contributed by atoms with Crippen LogP contribution in [0, 0.1) is 0 Å². The van der Waals surface area contributed by atoms with Crippen LogP contribution in [0.5, 0.6) is 5.75 Å². The van der Waals surface area contributed by atoms with E-state index in [1.807, 2.05) is 20.0 Å². The van der Waals surface area contributed by atoms with Gasteiger partial charge in [-0.15, -0.1) is 0 Å². The number of likely N-dealkylation sites (tertiary alicyclic amines) is 1. The van der Waals surface area contributed by atoms with E-state index >= 15 is 0 Å². The van der Waals surface area contributed by atoms with Gasteiger partial charge in [0, 0.05) is 50.5 Å². The fraction of sp³-hybridized carbons (Fsp3) is 0.783. The van der Waals surface area contributed by atoms with Crippen molar-refractivity contribution in [1.82, 2.24) is 15.2 Å². The Labute approximate surface area is 170 Å². The van der Waals surface area contributed by atoms with Gasteiger partial charge in [0.2, 0.25) is 0 Å². The van der Waals surface area contributed by atoms with Gasteiger partial charge in [-0.05, 0) is 57.6 Å². The average Bonchev–Trinajstić information content (AvgIpc) is 3.16. The standard InChI is InChI=1S/C21H31N3O2.C2H6/c1-4-16(5-1)26-19-8-11-23-18-7-10-22-17(20(18)19)6-2-12-24-14-21(15-24)9-3-13-25-21;1-2/h8,11,16-17,22H,1-7,9-10,12-15H2;1-2H3. The molecule has 5 rings (SSSR count). The first-order chi connectivity index (χ1) is 13.8. The van der Waals surface area contributed by atoms with Crippen LogP contribution >= 0.6 is 0 Å². The molecule has 3 aliphatic heterocycles. The molecule has 1 aliphatic carbocycles. The van der Waals surface area contributed by atoms with E-state index in [-0.39, 0.29) is 5.60 Å². The highest BCUT2D eigenvalue weighted by Crippen LogP contribution is 2.37. The third-order valence-electron chi connectivity index (χ3n) is 6.66. The van der Waals surface area contributed by atoms with Crippen molar-refractivity contribution in [1.29, 1.82) is 0 Å². The minimum absolute atomic E-state index is 0.226. The second-order valence-corrected chi connectivity index (χ2v) is 8.58. The van der Waals surface area contributed by atoms with Gasteiger partial charge in [-0.25, -0.2) is 0 Å². The quantitative estimate of drug-likeness (QED) is 0.803. The van der Waals surface area contributed by atoms with E-state index in [4.69, 9.17) is 9.47 Å². The van der Waals surface area contributed by atoms with Gasteiger partial charge in [-0.1, -0.05) is 13.8 Å². The first kappa shape index (κ1) is 20.1. The number of fused-ring (bicyclic) bond motifs is 1. The molecule has 4 aliphatic rings. The van der Waals surface area contributed by atoms with Crippen LogP contribution in [0.25, 0.3) is 0 Å². The Bertz CT molecular complexity index is 633. The smallest absolute Gasteiger partial charge is 0.127 e. The molecule has 5 nitrogen and oxygen atoms in total. The number of hydrogen-bond donors (Lipinski definition) is 1. The molecule has 1 N–H and O–H groups in total. The molecule has 4 heterocycles. The summed E-state index contributed by atoms with van der Waals surface area (Å²) in [6.45, 7) is 9.45. The van der Waals surface area contributed by atoms with Crippen LogP contribution in [-0.4, -0.2) is 54.4 Å². The van der Waals surface area contributed by atoms with E-state index < -0.39 is 0 Å². The minimum atomic E-state index is 0.226. The normalized spacial score (nSPS) is 26.0. The molecule has 1 atom stereocenters. The lowest BCUT2D eigenvalue weighted by molar-refractivity contribution is -0.111. The highest BCUT2D eigenvalue weighted by Gasteiger charge is 2.45. The van der Waals surface area contributed by atoms with Crippen molar-refractivity contribution in [2.75, 3.05) is 32.8 Å². The zero-order chi connectivity index (χ0) is 19.4. The van der Waals surface area contributed by atoms with Crippen LogP contribution in [0.4, 0.5) is 0 Å². The summed E-state index contributed by atoms with van der Waals surface area (Å²) in [5.41, 5.74) is 2.81. The van der Waals surface area contributed by atoms with Gasteiger partial charge in [0.1, 0.15) is 5.75 Å². The number of nitrogens with one attached hydrogen (secondary N) is 1. The van der Waals surface area contributed by atoms with Crippen molar-refractivity contribution >= 4 is 0 Å². The summed E-state index contributed by atoms with van der Waals surface area (Å²) >= 11 is 0. The predicted octanol–water partition coefficient (Wildman–Crippen LogP) is 3.87. The second-order valence-electron chi connectivity index (χ2n) is 8.58. The van der Waals surface area contributed by atoms with E-state index in [1.54, 1.807) is 0 Å². The van der Waals surface area contributed by atoms with Gasteiger partial charge >= 0.3 is 0 Å². The second kappa shape index (κ2) is 9.10. The zero-order valence-corrected chi connectivity index (χ0v) is 17.7. The summed E-state index contributed by atoms with van der Waals surface area (Å²) in [5, 5.41) is 3.72. The van der Waals surface area contributed by atoms with Crippen LogP contribution in [0.1, 0.15) is 76.1 Å². The molecule has 5 heteroatoms. The molecule has 0 bridgehead atoms. The highest BCUT2D eigenvalue weighted by atomic mass is 16.5. The van der Waals surface area contributed by atoms with Crippen LogP contribution in [0.3, 0.4) is 0 Å². The molecule has 1 spiro atoms. The van der Waals surface area contributed by atoms with Crippen LogP contribution in [0.2, 0.25) is 0 Å². The largest absolute Gasteiger partial charge is 0.490 e. The summed E-state index contributed by atoms with van der Waals surface area (Å²) in [6.07, 6.45) is 11.9. The van der Waals surface area contributed by atoms with Crippen molar-refractivity contribution in [3.8, 4) is 5.75 Å². The molecule has 1 aromatic heterocycles. The molecule has 0 radical (unpaired) electrons. The van der Waals surface area contributed by atoms with E-state index in [0.29, 0.717) is 12.1 Å². The van der Waals surface area contributed by atoms with Gasteiger partial charge in [0.15, 0.2) is 0 Å². The third kappa shape index (κ3) is 4.22. The van der Waals surface area contributed by atoms with E-state index in [2.05, 4.69) is 21.3 Å². The molecule has 28 heavy (non-hydrogen) atoms. The van der Waals surface area contributed by atoms with E-state index in [9.17, 15) is 0 Å². The number of pyridine rings is 1. The SMILES string of the molecule is CC.c1cc(OC2CCC2)c2c(n1)CCNC2CCCN1CC2(CCCO2)C1. The van der Waals surface area contributed by atoms with Crippen molar-refractivity contribution in [2.45, 2.75) is 83.0 Å². The molecule has 1 unspecified atom stereocenters. The highest BCUT2D eigenvalue weighted by molar-refractivity contribution is 5.40. The molecule has 0 aromatic carbocycles. The molecule has 3 fully saturated rings. The van der Waals surface area contributed by atoms with Gasteiger partial charge in [-0.3, -0.25) is 9.88 Å². The maximum Gasteiger partial charge on any atom is 0.127 e. The van der Waals surface area contributed by atoms with E-state index in [1.165, 1.54) is 56.3 Å². The van der Waals surface area contributed by atoms with Crippen molar-refractivity contribution < 1.29 is 9.47 Å². The molecule has 0 amide bonds. The molecule has 156 valence electrons. The third-order valence-corrected chi connectivity index (χ3v) is 6.66. The number of rotatable bonds is 6. The number of aromatic nitrogens is 1. The number of ether oxygens (including phenoxy) is 2. The fourth-order valence-electron chi connectivity index (χ4n) is 5.00. The van der Waals surface area contributed by atoms with Crippen molar-refractivity contribution in [3.63, 3.8) is 0 Å². The van der Waals surface area contributed by atoms with Crippen molar-refractivity contribution in [3.05, 3.63) is 23.5 Å². The summed E-state index contributed by atoms with van der Waals surface area (Å²) in [6, 6.07) is 2.47. The van der Waals surface area contributed by atoms with Gasteiger partial charge in [0.05, 0.1) is 17.4 Å². The number of nitrogens with zero attached hydrogens (tertiary/aromatic N) is 2. The Balaban J connectivity index is 0.000000932. The number of hydrogen-bond acceptors (Lipinski definition) is 5. The Hall–Kier alpha value is -1.17. The molecular formula is C23H37N3O2. The van der Waals surface area contributed by atoms with Crippen LogP contribution in [0.15, 0.2) is 12.3 Å². The van der Waals surface area contributed by atoms with Gasteiger partial charge in [-0.2, -0.15) is 0 Å². The topological polar surface area (TPSA) is 46.6 Å². The predicted molar refractivity (Wildman–Crippen MR) is 112 cm³/mol. The van der Waals surface area contributed by atoms with Crippen LogP contribution in [-0.2, 0) is 11.2 Å². The Kier molecular flexibility index (Phi) is 6.54. The Morgan fingerprint density at radius 3 is 2.86 bits per heavy atom. The lowest BCUT2D eigenvalue weighted by Gasteiger charge is -2.47. The summed E-state index contributed by atoms with van der Waals surface area (Å²) in [5.74, 6) is 1.08. The summed E-state index contributed by atoms with van der Waals surface area (Å²) in [4.78, 5) is 7.21. The maximum atomic E-state index is 6.30. The van der Waals surface area contributed by atoms with Crippen LogP contribution < -0.4 is 10.1 Å². The van der Waals surface area contributed by atoms with Crippen molar-refractivity contribution in [2.24, 2.45) is 0 Å². The first-order valence-corrected chi connectivity index (χ1v) is 11.6. The molecule has 1 aromatic rings. The van der Waals surface area contributed by atoms with E-state index in [0.717, 1.165) is 44.8 Å². The Morgan fingerprint density at radius 2 is 2.14 bits per heavy atom. The van der Waals surface area contributed by atoms with Gasteiger partial charge in [0.25, 0.3) is 0 Å². The zero-order valence-electron chi connectivity index (χ0n) is 17.7. The minimum Gasteiger partial charge on any atom is -0.490 e. The maximum absolute atomic E-state index is 6.30. The molecular weight excluding hydrogens is 350 g/mol. The van der Waals surface area contributed by atoms with Gasteiger partial charge < -0.3 is 14.8 Å². The first-order valence-electron chi connectivity index (χ1n) is 11.6. The molecule has 2 saturated heterocycles. The monoisotopic (exact) mass is 387 g/mol. The average molecular weight is 388 g/mol. The Morgan fingerprint density at radius 1 is 1.29 bits per heavy atom. The summed E-state index contributed by atoms with van der Waals surface area (Å²) < 4.78 is 12.2. The fourth-order valence-corrected chi connectivity index (χ4v) is 5.00. The lowest BCUT2D eigenvalue weighted by Crippen LogP contribution is -2.61. The molecule has 1 saturated carbocycles.